The van der Waals surface area contributed by atoms with Crippen LogP contribution in [0.4, 0.5) is 5.69 Å². The Morgan fingerprint density at radius 1 is 1.52 bits per heavy atom. The van der Waals surface area contributed by atoms with Crippen LogP contribution in [0.2, 0.25) is 0 Å². The van der Waals surface area contributed by atoms with E-state index in [0.29, 0.717) is 11.5 Å². The van der Waals surface area contributed by atoms with Crippen LogP contribution in [0.3, 0.4) is 0 Å². The van der Waals surface area contributed by atoms with Gasteiger partial charge >= 0.3 is 0 Å². The summed E-state index contributed by atoms with van der Waals surface area (Å²) in [6.45, 7) is 1.98. The Morgan fingerprint density at radius 3 is 3.14 bits per heavy atom. The molecule has 0 bridgehead atoms. The van der Waals surface area contributed by atoms with E-state index in [1.165, 1.54) is 6.20 Å². The highest BCUT2D eigenvalue weighted by molar-refractivity contribution is 5.79. The minimum Gasteiger partial charge on any atom is -0.441 e. The number of hydrogen-bond acceptors (Lipinski definition) is 7. The van der Waals surface area contributed by atoms with E-state index in [9.17, 15) is 0 Å². The van der Waals surface area contributed by atoms with Crippen LogP contribution in [0.5, 0.6) is 0 Å². The summed E-state index contributed by atoms with van der Waals surface area (Å²) in [5.74, 6) is 0.932. The number of fused-ring (bicyclic) bond motifs is 1. The summed E-state index contributed by atoms with van der Waals surface area (Å²) >= 11 is 0. The van der Waals surface area contributed by atoms with Gasteiger partial charge in [0.25, 0.3) is 0 Å². The van der Waals surface area contributed by atoms with Gasteiger partial charge in [-0.25, -0.2) is 4.98 Å². The molecule has 0 fully saturated rings. The molecule has 21 heavy (non-hydrogen) atoms. The first-order chi connectivity index (χ1) is 10.3. The van der Waals surface area contributed by atoms with Crippen molar-refractivity contribution in [2.45, 2.75) is 13.3 Å². The van der Waals surface area contributed by atoms with Crippen molar-refractivity contribution in [3.05, 3.63) is 36.1 Å². The average Bonchev–Trinajstić information content (AvgIpc) is 3.16. The van der Waals surface area contributed by atoms with Gasteiger partial charge in [0.05, 0.1) is 0 Å². The highest BCUT2D eigenvalue weighted by Gasteiger charge is 2.07. The molecular weight excluding hydrogens is 270 g/mol. The van der Waals surface area contributed by atoms with Crippen molar-refractivity contribution in [1.29, 1.82) is 5.26 Å². The van der Waals surface area contributed by atoms with Crippen LogP contribution >= 0.6 is 0 Å². The number of nitriles is 1. The largest absolute Gasteiger partial charge is 0.441 e. The molecule has 104 valence electrons. The molecule has 2 aromatic heterocycles. The lowest BCUT2D eigenvalue weighted by atomic mass is 10.2. The number of aromatic amines is 1. The number of aryl methyl sites for hydroxylation is 1. The van der Waals surface area contributed by atoms with Crippen LogP contribution in [-0.4, -0.2) is 25.6 Å². The number of hydrogen-bond donors (Lipinski definition) is 2. The SMILES string of the molecule is CCc1nc2ccc(NC=C(C#N)c3nn[nH]n3)cc2o1. The fourth-order valence-corrected chi connectivity index (χ4v) is 1.79. The predicted octanol–water partition coefficient (Wildman–Crippen LogP) is 1.88. The maximum absolute atomic E-state index is 9.07. The molecule has 0 saturated carbocycles. The molecule has 0 atom stereocenters. The van der Waals surface area contributed by atoms with Crippen molar-refractivity contribution in [2.75, 3.05) is 5.32 Å². The molecule has 8 nitrogen and oxygen atoms in total. The number of allylic oxidation sites excluding steroid dienone is 1. The standard InChI is InChI=1S/C13H11N7O/c1-2-12-16-10-4-3-9(5-11(10)21-12)15-7-8(6-14)13-17-19-20-18-13/h3-5,7,15H,2H2,1H3,(H,17,18,19,20). The number of H-pyrrole nitrogens is 1. The van der Waals surface area contributed by atoms with Crippen molar-refractivity contribution in [1.82, 2.24) is 25.6 Å². The van der Waals surface area contributed by atoms with Crippen LogP contribution in [0.15, 0.2) is 28.8 Å². The molecule has 2 heterocycles. The van der Waals surface area contributed by atoms with Gasteiger partial charge in [-0.15, -0.1) is 10.2 Å². The van der Waals surface area contributed by atoms with Crippen LogP contribution in [0.25, 0.3) is 16.7 Å². The number of nitrogens with zero attached hydrogens (tertiary/aromatic N) is 5. The van der Waals surface area contributed by atoms with Gasteiger partial charge in [-0.1, -0.05) is 6.92 Å². The molecule has 0 aliphatic rings. The normalized spacial score (nSPS) is 11.5. The summed E-state index contributed by atoms with van der Waals surface area (Å²) in [5.41, 5.74) is 2.55. The minimum absolute atomic E-state index is 0.235. The first-order valence-corrected chi connectivity index (χ1v) is 6.30. The topological polar surface area (TPSA) is 116 Å². The number of benzene rings is 1. The van der Waals surface area contributed by atoms with E-state index in [-0.39, 0.29) is 11.4 Å². The average molecular weight is 281 g/mol. The molecule has 3 aromatic rings. The van der Waals surface area contributed by atoms with Gasteiger partial charge in [-0.2, -0.15) is 10.5 Å². The quantitative estimate of drug-likeness (QED) is 0.701. The van der Waals surface area contributed by atoms with E-state index in [4.69, 9.17) is 9.68 Å². The summed E-state index contributed by atoms with van der Waals surface area (Å²) in [7, 11) is 0. The summed E-state index contributed by atoms with van der Waals surface area (Å²) in [6, 6.07) is 7.53. The summed E-state index contributed by atoms with van der Waals surface area (Å²) < 4.78 is 5.59. The monoisotopic (exact) mass is 281 g/mol. The Kier molecular flexibility index (Phi) is 3.31. The second-order valence-corrected chi connectivity index (χ2v) is 4.19. The van der Waals surface area contributed by atoms with Gasteiger partial charge in [0.15, 0.2) is 11.5 Å². The molecule has 3 rings (SSSR count). The predicted molar refractivity (Wildman–Crippen MR) is 74.8 cm³/mol. The first kappa shape index (κ1) is 12.8. The smallest absolute Gasteiger partial charge is 0.216 e. The maximum Gasteiger partial charge on any atom is 0.216 e. The van der Waals surface area contributed by atoms with Crippen molar-refractivity contribution in [3.63, 3.8) is 0 Å². The molecule has 0 aliphatic heterocycles. The zero-order chi connectivity index (χ0) is 14.7. The number of aromatic nitrogens is 5. The molecule has 1 aromatic carbocycles. The van der Waals surface area contributed by atoms with Crippen molar-refractivity contribution < 1.29 is 4.42 Å². The molecule has 0 spiro atoms. The van der Waals surface area contributed by atoms with Crippen LogP contribution in [0, 0.1) is 11.3 Å². The Hall–Kier alpha value is -3.21. The second kappa shape index (κ2) is 5.42. The molecule has 0 unspecified atom stereocenters. The van der Waals surface area contributed by atoms with E-state index in [1.807, 2.05) is 31.2 Å². The highest BCUT2D eigenvalue weighted by Crippen LogP contribution is 2.21. The molecule has 0 amide bonds. The lowest BCUT2D eigenvalue weighted by molar-refractivity contribution is 0.538. The summed E-state index contributed by atoms with van der Waals surface area (Å²) in [5, 5.41) is 25.3. The van der Waals surface area contributed by atoms with E-state index in [1.54, 1.807) is 0 Å². The van der Waals surface area contributed by atoms with Crippen LogP contribution in [-0.2, 0) is 6.42 Å². The summed E-state index contributed by atoms with van der Waals surface area (Å²) in [4.78, 5) is 4.33. The molecular formula is C13H11N7O. The third-order valence-electron chi connectivity index (χ3n) is 2.83. The number of nitrogens with one attached hydrogen (secondary N) is 2. The van der Waals surface area contributed by atoms with E-state index >= 15 is 0 Å². The van der Waals surface area contributed by atoms with Crippen LogP contribution in [0.1, 0.15) is 18.6 Å². The van der Waals surface area contributed by atoms with Crippen molar-refractivity contribution in [2.24, 2.45) is 0 Å². The van der Waals surface area contributed by atoms with E-state index in [2.05, 4.69) is 30.9 Å². The Labute approximate surface area is 119 Å². The zero-order valence-electron chi connectivity index (χ0n) is 11.2. The van der Waals surface area contributed by atoms with Crippen LogP contribution < -0.4 is 5.32 Å². The van der Waals surface area contributed by atoms with E-state index < -0.39 is 0 Å². The van der Waals surface area contributed by atoms with Gasteiger partial charge in [0, 0.05) is 24.4 Å². The molecule has 0 saturated heterocycles. The molecule has 0 aliphatic carbocycles. The van der Waals surface area contributed by atoms with Gasteiger partial charge in [0.2, 0.25) is 5.82 Å². The van der Waals surface area contributed by atoms with Gasteiger partial charge in [0.1, 0.15) is 17.2 Å². The van der Waals surface area contributed by atoms with E-state index in [0.717, 1.165) is 17.6 Å². The fraction of sp³-hybridized carbons (Fsp3) is 0.154. The number of rotatable bonds is 4. The highest BCUT2D eigenvalue weighted by atomic mass is 16.3. The lowest BCUT2D eigenvalue weighted by Crippen LogP contribution is -1.92. The number of anilines is 1. The Balaban J connectivity index is 1.86. The minimum atomic E-state index is 0.235. The van der Waals surface area contributed by atoms with Gasteiger partial charge < -0.3 is 9.73 Å². The molecule has 8 heteroatoms. The molecule has 0 radical (unpaired) electrons. The molecule has 2 N–H and O–H groups in total. The van der Waals surface area contributed by atoms with Gasteiger partial charge in [-0.05, 0) is 17.3 Å². The maximum atomic E-state index is 9.07. The Bertz CT molecular complexity index is 826. The van der Waals surface area contributed by atoms with Crippen molar-refractivity contribution >= 4 is 22.4 Å². The van der Waals surface area contributed by atoms with Gasteiger partial charge in [-0.3, -0.25) is 0 Å². The number of tetrazole rings is 1. The Morgan fingerprint density at radius 2 is 2.43 bits per heavy atom. The third kappa shape index (κ3) is 2.57. The number of oxazole rings is 1. The lowest BCUT2D eigenvalue weighted by Gasteiger charge is -2.00. The first-order valence-electron chi connectivity index (χ1n) is 6.30. The second-order valence-electron chi connectivity index (χ2n) is 4.19. The fourth-order valence-electron chi connectivity index (χ4n) is 1.79. The third-order valence-corrected chi connectivity index (χ3v) is 2.83. The summed E-state index contributed by atoms with van der Waals surface area (Å²) in [6.07, 6.45) is 2.26. The zero-order valence-corrected chi connectivity index (χ0v) is 11.2. The van der Waals surface area contributed by atoms with Crippen molar-refractivity contribution in [3.8, 4) is 6.07 Å².